The van der Waals surface area contributed by atoms with Crippen LogP contribution in [0.1, 0.15) is 29.6 Å². The Morgan fingerprint density at radius 2 is 1.77 bits per heavy atom. The molecule has 0 heterocycles. The number of nitrogens with two attached hydrogens (primary N) is 1. The lowest BCUT2D eigenvalue weighted by Crippen LogP contribution is -2.37. The van der Waals surface area contributed by atoms with E-state index in [9.17, 15) is 14.4 Å². The van der Waals surface area contributed by atoms with Gasteiger partial charge in [0.25, 0.3) is 5.91 Å². The van der Waals surface area contributed by atoms with Gasteiger partial charge < -0.3 is 21.5 Å². The molecule has 0 radical (unpaired) electrons. The number of aliphatic carboxylic acids is 1. The molecule has 0 bridgehead atoms. The van der Waals surface area contributed by atoms with Crippen LogP contribution in [0.3, 0.4) is 0 Å². The van der Waals surface area contributed by atoms with Gasteiger partial charge in [0.15, 0.2) is 0 Å². The van der Waals surface area contributed by atoms with Crippen molar-refractivity contribution in [3.8, 4) is 0 Å². The second-order valence-electron chi connectivity index (χ2n) is 4.84. The number of amides is 2. The molecule has 5 N–H and O–H groups in total. The zero-order chi connectivity index (χ0) is 16.4. The first-order valence-electron chi connectivity index (χ1n) is 7.09. The fourth-order valence-corrected chi connectivity index (χ4v) is 1.76. The van der Waals surface area contributed by atoms with Crippen molar-refractivity contribution in [1.82, 2.24) is 10.6 Å². The molecule has 0 aliphatic rings. The second kappa shape index (κ2) is 9.51. The third kappa shape index (κ3) is 6.85. The smallest absolute Gasteiger partial charge is 0.320 e. The fraction of sp³-hybridized carbons (Fsp3) is 0.400. The molecule has 0 aliphatic carbocycles. The maximum absolute atomic E-state index is 11.7. The average molecular weight is 307 g/mol. The highest BCUT2D eigenvalue weighted by atomic mass is 16.4. The van der Waals surface area contributed by atoms with Gasteiger partial charge in [-0.05, 0) is 31.4 Å². The zero-order valence-corrected chi connectivity index (χ0v) is 12.2. The highest BCUT2D eigenvalue weighted by Crippen LogP contribution is 1.98. The molecule has 0 fully saturated rings. The summed E-state index contributed by atoms with van der Waals surface area (Å²) >= 11 is 0. The molecule has 0 unspecified atom stereocenters. The Morgan fingerprint density at radius 1 is 1.09 bits per heavy atom. The molecule has 2 amide bonds. The predicted molar refractivity (Wildman–Crippen MR) is 81.2 cm³/mol. The molecule has 0 aliphatic heterocycles. The van der Waals surface area contributed by atoms with Gasteiger partial charge in [-0.3, -0.25) is 14.4 Å². The van der Waals surface area contributed by atoms with Gasteiger partial charge >= 0.3 is 5.97 Å². The standard InChI is InChI=1S/C15H21N3O4/c16-12(15(21)22)8-4-5-9-17-13(19)10-18-14(20)11-6-2-1-3-7-11/h1-3,6-7,12H,4-5,8-10,16H2,(H,17,19)(H,18,20)(H,21,22)/t12-/m0/s1. The van der Waals surface area contributed by atoms with E-state index in [4.69, 9.17) is 10.8 Å². The number of hydrogen-bond acceptors (Lipinski definition) is 4. The maximum Gasteiger partial charge on any atom is 0.320 e. The number of carboxylic acids is 1. The van der Waals surface area contributed by atoms with Crippen molar-refractivity contribution >= 4 is 17.8 Å². The molecule has 0 aromatic heterocycles. The van der Waals surface area contributed by atoms with Crippen LogP contribution in [0.15, 0.2) is 30.3 Å². The summed E-state index contributed by atoms with van der Waals surface area (Å²) in [5, 5.41) is 13.8. The summed E-state index contributed by atoms with van der Waals surface area (Å²) in [4.78, 5) is 33.7. The molecule has 1 aromatic carbocycles. The molecular weight excluding hydrogens is 286 g/mol. The van der Waals surface area contributed by atoms with E-state index >= 15 is 0 Å². The van der Waals surface area contributed by atoms with E-state index in [1.807, 2.05) is 0 Å². The van der Waals surface area contributed by atoms with E-state index < -0.39 is 12.0 Å². The number of carbonyl (C=O) groups excluding carboxylic acids is 2. The second-order valence-corrected chi connectivity index (χ2v) is 4.84. The van der Waals surface area contributed by atoms with E-state index in [1.54, 1.807) is 30.3 Å². The molecule has 0 saturated carbocycles. The number of unbranched alkanes of at least 4 members (excludes halogenated alkanes) is 1. The summed E-state index contributed by atoms with van der Waals surface area (Å²) in [5.41, 5.74) is 5.86. The number of carboxylic acid groups (broad SMARTS) is 1. The summed E-state index contributed by atoms with van der Waals surface area (Å²) < 4.78 is 0. The summed E-state index contributed by atoms with van der Waals surface area (Å²) in [6.45, 7) is 0.328. The van der Waals surface area contributed by atoms with E-state index in [0.29, 0.717) is 31.4 Å². The van der Waals surface area contributed by atoms with E-state index in [1.165, 1.54) is 0 Å². The van der Waals surface area contributed by atoms with Crippen molar-refractivity contribution in [2.24, 2.45) is 5.73 Å². The Labute approximate surface area is 128 Å². The Hall–Kier alpha value is -2.41. The van der Waals surface area contributed by atoms with Crippen LogP contribution in [-0.4, -0.2) is 42.0 Å². The van der Waals surface area contributed by atoms with Crippen molar-refractivity contribution in [2.45, 2.75) is 25.3 Å². The SMILES string of the molecule is N[C@@H](CCCCNC(=O)CNC(=O)c1ccccc1)C(=O)O. The first-order chi connectivity index (χ1) is 10.5. The van der Waals surface area contributed by atoms with E-state index in [0.717, 1.165) is 0 Å². The van der Waals surface area contributed by atoms with Crippen LogP contribution in [-0.2, 0) is 9.59 Å². The van der Waals surface area contributed by atoms with Crippen LogP contribution in [0, 0.1) is 0 Å². The molecule has 1 rings (SSSR count). The van der Waals surface area contributed by atoms with Crippen LogP contribution in [0.25, 0.3) is 0 Å². The van der Waals surface area contributed by atoms with Gasteiger partial charge in [-0.1, -0.05) is 18.2 Å². The lowest BCUT2D eigenvalue weighted by atomic mass is 10.1. The molecule has 0 spiro atoms. The summed E-state index contributed by atoms with van der Waals surface area (Å²) in [6.07, 6.45) is 1.62. The van der Waals surface area contributed by atoms with Gasteiger partial charge in [0, 0.05) is 12.1 Å². The Kier molecular flexibility index (Phi) is 7.63. The van der Waals surface area contributed by atoms with Gasteiger partial charge in [-0.25, -0.2) is 0 Å². The Morgan fingerprint density at radius 3 is 2.41 bits per heavy atom. The molecule has 1 aromatic rings. The van der Waals surface area contributed by atoms with Gasteiger partial charge in [-0.15, -0.1) is 0 Å². The lowest BCUT2D eigenvalue weighted by molar-refractivity contribution is -0.138. The number of nitrogens with one attached hydrogen (secondary N) is 2. The summed E-state index contributed by atoms with van der Waals surface area (Å²) in [5.74, 6) is -1.61. The minimum atomic E-state index is -1.02. The third-order valence-corrected chi connectivity index (χ3v) is 3.03. The largest absolute Gasteiger partial charge is 0.480 e. The minimum absolute atomic E-state index is 0.0949. The average Bonchev–Trinajstić information content (AvgIpc) is 2.52. The van der Waals surface area contributed by atoms with Gasteiger partial charge in [0.1, 0.15) is 6.04 Å². The van der Waals surface area contributed by atoms with Crippen molar-refractivity contribution in [3.05, 3.63) is 35.9 Å². The van der Waals surface area contributed by atoms with Crippen molar-refractivity contribution in [1.29, 1.82) is 0 Å². The van der Waals surface area contributed by atoms with E-state index in [2.05, 4.69) is 10.6 Å². The minimum Gasteiger partial charge on any atom is -0.480 e. The van der Waals surface area contributed by atoms with Gasteiger partial charge in [-0.2, -0.15) is 0 Å². The van der Waals surface area contributed by atoms with Crippen LogP contribution in [0.4, 0.5) is 0 Å². The van der Waals surface area contributed by atoms with Gasteiger partial charge in [0.2, 0.25) is 5.91 Å². The highest BCUT2D eigenvalue weighted by molar-refractivity contribution is 5.96. The topological polar surface area (TPSA) is 122 Å². The Balaban J connectivity index is 2.11. The lowest BCUT2D eigenvalue weighted by Gasteiger charge is -2.08. The maximum atomic E-state index is 11.7. The number of hydrogen-bond donors (Lipinski definition) is 4. The molecule has 7 nitrogen and oxygen atoms in total. The third-order valence-electron chi connectivity index (χ3n) is 3.03. The van der Waals surface area contributed by atoms with Gasteiger partial charge in [0.05, 0.1) is 6.54 Å². The monoisotopic (exact) mass is 307 g/mol. The van der Waals surface area contributed by atoms with E-state index in [-0.39, 0.29) is 18.4 Å². The van der Waals surface area contributed by atoms with Crippen LogP contribution in [0.5, 0.6) is 0 Å². The van der Waals surface area contributed by atoms with Crippen LogP contribution in [0.2, 0.25) is 0 Å². The number of carbonyl (C=O) groups is 3. The first kappa shape index (κ1) is 17.6. The summed E-state index contributed by atoms with van der Waals surface area (Å²) in [7, 11) is 0. The molecule has 120 valence electrons. The van der Waals surface area contributed by atoms with Crippen molar-refractivity contribution < 1.29 is 19.5 Å². The highest BCUT2D eigenvalue weighted by Gasteiger charge is 2.10. The van der Waals surface area contributed by atoms with Crippen molar-refractivity contribution in [2.75, 3.05) is 13.1 Å². The Bertz CT molecular complexity index is 505. The molecule has 7 heteroatoms. The molecule has 22 heavy (non-hydrogen) atoms. The summed E-state index contributed by atoms with van der Waals surface area (Å²) in [6, 6.07) is 7.77. The zero-order valence-electron chi connectivity index (χ0n) is 12.2. The molecular formula is C15H21N3O4. The van der Waals surface area contributed by atoms with Crippen LogP contribution >= 0.6 is 0 Å². The molecule has 0 saturated heterocycles. The number of benzene rings is 1. The number of rotatable bonds is 9. The fourth-order valence-electron chi connectivity index (χ4n) is 1.76. The van der Waals surface area contributed by atoms with Crippen LogP contribution < -0.4 is 16.4 Å². The van der Waals surface area contributed by atoms with Crippen molar-refractivity contribution in [3.63, 3.8) is 0 Å². The first-order valence-corrected chi connectivity index (χ1v) is 7.09. The normalized spacial score (nSPS) is 11.5. The molecule has 1 atom stereocenters. The predicted octanol–water partition coefficient (Wildman–Crippen LogP) is 0.115. The quantitative estimate of drug-likeness (QED) is 0.483.